The molecule has 0 aliphatic carbocycles. The van der Waals surface area contributed by atoms with Crippen molar-refractivity contribution in [1.29, 1.82) is 0 Å². The lowest BCUT2D eigenvalue weighted by atomic mass is 9.99. The van der Waals surface area contributed by atoms with E-state index in [0.717, 1.165) is 25.7 Å². The Balaban J connectivity index is 2.33. The Kier molecular flexibility index (Phi) is 5.78. The summed E-state index contributed by atoms with van der Waals surface area (Å²) in [5.74, 6) is -0.628. The van der Waals surface area contributed by atoms with Gasteiger partial charge in [-0.2, -0.15) is 0 Å². The van der Waals surface area contributed by atoms with E-state index in [4.69, 9.17) is 5.11 Å². The van der Waals surface area contributed by atoms with Gasteiger partial charge >= 0.3 is 5.97 Å². The van der Waals surface area contributed by atoms with Gasteiger partial charge in [-0.25, -0.2) is 4.79 Å². The Morgan fingerprint density at radius 2 is 1.83 bits per heavy atom. The lowest BCUT2D eigenvalue weighted by Crippen LogP contribution is -2.16. The zero-order valence-corrected chi connectivity index (χ0v) is 10.9. The van der Waals surface area contributed by atoms with Crippen molar-refractivity contribution in [2.45, 2.75) is 64.4 Å². The van der Waals surface area contributed by atoms with Crippen molar-refractivity contribution < 1.29 is 24.9 Å². The fraction of sp³-hybridized carbons (Fsp3) is 0.769. The molecule has 5 nitrogen and oxygen atoms in total. The summed E-state index contributed by atoms with van der Waals surface area (Å²) >= 11 is 0. The highest BCUT2D eigenvalue weighted by atomic mass is 16.6. The van der Waals surface area contributed by atoms with E-state index in [2.05, 4.69) is 4.74 Å². The molecule has 0 fully saturated rings. The zero-order valence-electron chi connectivity index (χ0n) is 10.9. The fourth-order valence-corrected chi connectivity index (χ4v) is 2.04. The van der Waals surface area contributed by atoms with Crippen LogP contribution in [0, 0.1) is 0 Å². The van der Waals surface area contributed by atoms with Crippen LogP contribution in [0.15, 0.2) is 11.1 Å². The smallest absolute Gasteiger partial charge is 0.339 e. The lowest BCUT2D eigenvalue weighted by molar-refractivity contribution is -0.152. The van der Waals surface area contributed by atoms with E-state index in [9.17, 15) is 15.0 Å². The van der Waals surface area contributed by atoms with E-state index >= 15 is 0 Å². The Hall–Kier alpha value is -0.910. The first-order chi connectivity index (χ1) is 8.43. The van der Waals surface area contributed by atoms with Crippen molar-refractivity contribution in [1.82, 2.24) is 0 Å². The van der Waals surface area contributed by atoms with E-state index in [1.165, 1.54) is 0 Å². The minimum atomic E-state index is -1.21. The maximum absolute atomic E-state index is 11.4. The molecule has 1 rings (SSSR count). The van der Waals surface area contributed by atoms with Crippen LogP contribution in [0.5, 0.6) is 0 Å². The number of cyclic esters (lactones) is 1. The molecule has 1 heterocycles. The van der Waals surface area contributed by atoms with Crippen LogP contribution in [-0.2, 0) is 9.53 Å². The van der Waals surface area contributed by atoms with E-state index in [1.54, 1.807) is 13.8 Å². The van der Waals surface area contributed by atoms with E-state index in [0.29, 0.717) is 12.0 Å². The first kappa shape index (κ1) is 15.1. The largest absolute Gasteiger partial charge is 0.428 e. The predicted octanol–water partition coefficient (Wildman–Crippen LogP) is 0.870. The van der Waals surface area contributed by atoms with Crippen LogP contribution in [0.1, 0.15) is 46.0 Å². The van der Waals surface area contributed by atoms with Gasteiger partial charge in [-0.15, -0.1) is 0 Å². The number of ether oxygens (including phenoxy) is 1. The van der Waals surface area contributed by atoms with Gasteiger partial charge in [0.1, 0.15) is 0 Å². The number of carbonyl (C=O) groups is 1. The third-order valence-corrected chi connectivity index (χ3v) is 3.17. The Morgan fingerprint density at radius 3 is 2.33 bits per heavy atom. The summed E-state index contributed by atoms with van der Waals surface area (Å²) in [6.07, 6.45) is 1.40. The van der Waals surface area contributed by atoms with E-state index in [1.807, 2.05) is 0 Å². The molecule has 0 aromatic carbocycles. The molecule has 1 aliphatic rings. The van der Waals surface area contributed by atoms with Crippen molar-refractivity contribution in [3.63, 3.8) is 0 Å². The molecular weight excluding hydrogens is 236 g/mol. The van der Waals surface area contributed by atoms with Gasteiger partial charge in [0.2, 0.25) is 6.29 Å². The topological polar surface area (TPSA) is 87.0 Å². The highest BCUT2D eigenvalue weighted by Gasteiger charge is 2.33. The molecule has 0 radical (unpaired) electrons. The van der Waals surface area contributed by atoms with Gasteiger partial charge in [0.25, 0.3) is 0 Å². The summed E-state index contributed by atoms with van der Waals surface area (Å²) < 4.78 is 4.62. The SMILES string of the molecule is CC1=C([C@H](O)CCCCC[C@@H](C)O)C(=O)O[C@H]1O. The van der Waals surface area contributed by atoms with Gasteiger partial charge < -0.3 is 20.1 Å². The van der Waals surface area contributed by atoms with Crippen LogP contribution in [-0.4, -0.2) is 39.8 Å². The number of aliphatic hydroxyl groups is 3. The van der Waals surface area contributed by atoms with E-state index in [-0.39, 0.29) is 11.7 Å². The van der Waals surface area contributed by atoms with Gasteiger partial charge in [0, 0.05) is 5.57 Å². The third-order valence-electron chi connectivity index (χ3n) is 3.17. The molecule has 0 aromatic rings. The Labute approximate surface area is 107 Å². The normalized spacial score (nSPS) is 23.2. The molecule has 0 amide bonds. The lowest BCUT2D eigenvalue weighted by Gasteiger charge is -2.10. The Morgan fingerprint density at radius 1 is 1.22 bits per heavy atom. The minimum Gasteiger partial charge on any atom is -0.428 e. The van der Waals surface area contributed by atoms with Crippen molar-refractivity contribution in [3.8, 4) is 0 Å². The Bertz CT molecular complexity index is 321. The quantitative estimate of drug-likeness (QED) is 0.466. The number of rotatable bonds is 7. The highest BCUT2D eigenvalue weighted by Crippen LogP contribution is 2.25. The molecule has 5 heteroatoms. The summed E-state index contributed by atoms with van der Waals surface area (Å²) in [7, 11) is 0. The fourth-order valence-electron chi connectivity index (χ4n) is 2.04. The summed E-state index contributed by atoms with van der Waals surface area (Å²) in [5.41, 5.74) is 0.592. The van der Waals surface area contributed by atoms with Crippen LogP contribution >= 0.6 is 0 Å². The van der Waals surface area contributed by atoms with Crippen LogP contribution in [0.4, 0.5) is 0 Å². The molecular formula is C13H22O5. The van der Waals surface area contributed by atoms with Crippen LogP contribution < -0.4 is 0 Å². The summed E-state index contributed by atoms with van der Waals surface area (Å²) in [6, 6.07) is 0. The average Bonchev–Trinajstić information content (AvgIpc) is 2.52. The number of unbranched alkanes of at least 4 members (excludes halogenated alkanes) is 2. The molecule has 0 unspecified atom stereocenters. The van der Waals surface area contributed by atoms with Crippen molar-refractivity contribution in [3.05, 3.63) is 11.1 Å². The zero-order chi connectivity index (χ0) is 13.7. The molecule has 3 N–H and O–H groups in total. The molecule has 0 saturated carbocycles. The van der Waals surface area contributed by atoms with Gasteiger partial charge in [-0.3, -0.25) is 0 Å². The maximum Gasteiger partial charge on any atom is 0.339 e. The molecule has 0 bridgehead atoms. The number of esters is 1. The monoisotopic (exact) mass is 258 g/mol. The molecule has 1 aliphatic heterocycles. The maximum atomic E-state index is 11.4. The molecule has 104 valence electrons. The molecule has 0 spiro atoms. The highest BCUT2D eigenvalue weighted by molar-refractivity contribution is 5.92. The second-order valence-corrected chi connectivity index (χ2v) is 4.86. The molecule has 0 saturated heterocycles. The van der Waals surface area contributed by atoms with Crippen molar-refractivity contribution >= 4 is 5.97 Å². The molecule has 0 aromatic heterocycles. The second-order valence-electron chi connectivity index (χ2n) is 4.86. The summed E-state index contributed by atoms with van der Waals surface area (Å²) in [4.78, 5) is 11.4. The predicted molar refractivity (Wildman–Crippen MR) is 65.6 cm³/mol. The number of hydrogen-bond donors (Lipinski definition) is 3. The van der Waals surface area contributed by atoms with E-state index < -0.39 is 18.4 Å². The first-order valence-corrected chi connectivity index (χ1v) is 6.39. The average molecular weight is 258 g/mol. The van der Waals surface area contributed by atoms with Gasteiger partial charge in [0.05, 0.1) is 17.8 Å². The summed E-state index contributed by atoms with van der Waals surface area (Å²) in [5, 5.41) is 28.3. The molecule has 3 atom stereocenters. The van der Waals surface area contributed by atoms with Gasteiger partial charge in [0.15, 0.2) is 0 Å². The first-order valence-electron chi connectivity index (χ1n) is 6.39. The summed E-state index contributed by atoms with van der Waals surface area (Å²) in [6.45, 7) is 3.33. The standard InChI is InChI=1S/C13H22O5/c1-8(14)6-4-3-5-7-10(15)11-9(2)12(16)18-13(11)17/h8,10,12,14-16H,3-7H2,1-2H3/t8-,10-,12-/m1/s1. The van der Waals surface area contributed by atoms with Crippen LogP contribution in [0.25, 0.3) is 0 Å². The van der Waals surface area contributed by atoms with Gasteiger partial charge in [-0.1, -0.05) is 19.3 Å². The number of carbonyl (C=O) groups excluding carboxylic acids is 1. The van der Waals surface area contributed by atoms with Crippen molar-refractivity contribution in [2.75, 3.05) is 0 Å². The minimum absolute atomic E-state index is 0.193. The van der Waals surface area contributed by atoms with Crippen molar-refractivity contribution in [2.24, 2.45) is 0 Å². The van der Waals surface area contributed by atoms with Crippen LogP contribution in [0.3, 0.4) is 0 Å². The van der Waals surface area contributed by atoms with Crippen LogP contribution in [0.2, 0.25) is 0 Å². The third kappa shape index (κ3) is 4.08. The molecule has 18 heavy (non-hydrogen) atoms. The second kappa shape index (κ2) is 6.87. The number of hydrogen-bond acceptors (Lipinski definition) is 5. The van der Waals surface area contributed by atoms with Gasteiger partial charge in [-0.05, 0) is 26.7 Å². The number of aliphatic hydroxyl groups excluding tert-OH is 3.